The van der Waals surface area contributed by atoms with Crippen molar-refractivity contribution in [3.8, 4) is 0 Å². The third-order valence-electron chi connectivity index (χ3n) is 3.84. The molecular weight excluding hydrogens is 376 g/mol. The molecule has 1 N–H and O–H groups in total. The molecular formula is C20H29BrN4. The Kier molecular flexibility index (Phi) is 6.09. The van der Waals surface area contributed by atoms with Crippen LogP contribution in [0.1, 0.15) is 71.4 Å². The van der Waals surface area contributed by atoms with Gasteiger partial charge < -0.3 is 5.32 Å². The van der Waals surface area contributed by atoms with Crippen LogP contribution in [0.3, 0.4) is 0 Å². The molecule has 0 saturated heterocycles. The predicted octanol–water partition coefficient (Wildman–Crippen LogP) is 6.01. The molecule has 2 aromatic rings. The fourth-order valence-electron chi connectivity index (χ4n) is 2.67. The van der Waals surface area contributed by atoms with Crippen molar-refractivity contribution >= 4 is 27.6 Å². The summed E-state index contributed by atoms with van der Waals surface area (Å²) in [5.41, 5.74) is 3.50. The molecule has 0 atom stereocenters. The van der Waals surface area contributed by atoms with Gasteiger partial charge >= 0.3 is 0 Å². The maximum absolute atomic E-state index is 4.89. The lowest BCUT2D eigenvalue weighted by Gasteiger charge is -2.24. The number of imidazole rings is 1. The first kappa shape index (κ1) is 19.7. The van der Waals surface area contributed by atoms with Gasteiger partial charge in [0.25, 0.3) is 0 Å². The highest BCUT2D eigenvalue weighted by molar-refractivity contribution is 9.10. The van der Waals surface area contributed by atoms with Gasteiger partial charge in [0.15, 0.2) is 0 Å². The predicted molar refractivity (Wildman–Crippen MR) is 111 cm³/mol. The largest absolute Gasteiger partial charge is 0.325 e. The molecule has 0 fully saturated rings. The molecule has 0 aliphatic rings. The summed E-state index contributed by atoms with van der Waals surface area (Å²) in [6.45, 7) is 15.2. The molecule has 136 valence electrons. The summed E-state index contributed by atoms with van der Waals surface area (Å²) in [6.07, 6.45) is 5.47. The molecule has 1 aromatic heterocycles. The van der Waals surface area contributed by atoms with Crippen LogP contribution >= 0.6 is 15.9 Å². The number of hydrogen-bond acceptors (Lipinski definition) is 2. The van der Waals surface area contributed by atoms with E-state index in [0.29, 0.717) is 11.8 Å². The minimum atomic E-state index is -0.196. The lowest BCUT2D eigenvalue weighted by Crippen LogP contribution is -2.27. The van der Waals surface area contributed by atoms with Crippen molar-refractivity contribution < 1.29 is 0 Å². The number of hydrogen-bond donors (Lipinski definition) is 1. The second-order valence-electron chi connectivity index (χ2n) is 7.97. The van der Waals surface area contributed by atoms with Crippen molar-refractivity contribution in [3.63, 3.8) is 0 Å². The van der Waals surface area contributed by atoms with Gasteiger partial charge in [-0.2, -0.15) is 0 Å². The van der Waals surface area contributed by atoms with Crippen LogP contribution in [-0.2, 0) is 0 Å². The Morgan fingerprint density at radius 3 is 2.08 bits per heavy atom. The van der Waals surface area contributed by atoms with Gasteiger partial charge in [-0.05, 0) is 55.9 Å². The van der Waals surface area contributed by atoms with E-state index in [0.717, 1.165) is 16.1 Å². The second-order valence-corrected chi connectivity index (χ2v) is 8.89. The van der Waals surface area contributed by atoms with Crippen LogP contribution in [0.5, 0.6) is 0 Å². The Labute approximate surface area is 159 Å². The second kappa shape index (κ2) is 7.73. The first-order valence-corrected chi connectivity index (χ1v) is 9.56. The molecule has 1 heterocycles. The summed E-state index contributed by atoms with van der Waals surface area (Å²) in [5, 5.41) is 3.62. The average molecular weight is 405 g/mol. The van der Waals surface area contributed by atoms with Crippen LogP contribution in [0.25, 0.3) is 0 Å². The number of benzene rings is 1. The zero-order chi connectivity index (χ0) is 18.8. The van der Waals surface area contributed by atoms with E-state index in [2.05, 4.69) is 86.8 Å². The summed E-state index contributed by atoms with van der Waals surface area (Å²) >= 11 is 3.66. The number of halogens is 1. The summed E-state index contributed by atoms with van der Waals surface area (Å²) in [6, 6.07) is 4.39. The fourth-order valence-corrected chi connectivity index (χ4v) is 3.16. The van der Waals surface area contributed by atoms with E-state index in [9.17, 15) is 0 Å². The van der Waals surface area contributed by atoms with E-state index in [1.54, 1.807) is 12.5 Å². The van der Waals surface area contributed by atoms with Crippen molar-refractivity contribution in [3.05, 3.63) is 46.5 Å². The topological polar surface area (TPSA) is 42.2 Å². The van der Waals surface area contributed by atoms with E-state index < -0.39 is 0 Å². The highest BCUT2D eigenvalue weighted by Gasteiger charge is 2.19. The highest BCUT2D eigenvalue weighted by atomic mass is 79.9. The molecule has 2 rings (SSSR count). The van der Waals surface area contributed by atoms with Crippen LogP contribution in [-0.4, -0.2) is 21.0 Å². The van der Waals surface area contributed by atoms with Crippen LogP contribution < -0.4 is 5.32 Å². The molecule has 0 bridgehead atoms. The van der Waals surface area contributed by atoms with Gasteiger partial charge in [-0.25, -0.2) is 9.98 Å². The Hall–Kier alpha value is -1.62. The third-order valence-corrected chi connectivity index (χ3v) is 4.29. The fraction of sp³-hybridized carbons (Fsp3) is 0.500. The van der Waals surface area contributed by atoms with Gasteiger partial charge in [-0.1, -0.05) is 43.6 Å². The first-order valence-electron chi connectivity index (χ1n) is 8.77. The number of nitrogens with zero attached hydrogens (tertiary/aromatic N) is 3. The summed E-state index contributed by atoms with van der Waals surface area (Å²) < 4.78 is 3.05. The smallest absolute Gasteiger partial charge is 0.208 e. The quantitative estimate of drug-likeness (QED) is 0.502. The Bertz CT molecular complexity index is 709. The monoisotopic (exact) mass is 404 g/mol. The minimum Gasteiger partial charge on any atom is -0.325 e. The maximum Gasteiger partial charge on any atom is 0.208 e. The molecule has 0 radical (unpaired) electrons. The number of anilines is 1. The maximum atomic E-state index is 4.89. The van der Waals surface area contributed by atoms with E-state index in [-0.39, 0.29) is 5.54 Å². The van der Waals surface area contributed by atoms with Gasteiger partial charge in [0.05, 0.1) is 5.54 Å². The first-order chi connectivity index (χ1) is 11.6. The average Bonchev–Trinajstić information content (AvgIpc) is 3.00. The zero-order valence-corrected chi connectivity index (χ0v) is 17.8. The van der Waals surface area contributed by atoms with Gasteiger partial charge in [-0.3, -0.25) is 4.57 Å². The SMILES string of the molecule is CC(C)c1cc(Br)cc(C(C)C)c1NC(=NC(C)(C)C)n1ccnc1. The van der Waals surface area contributed by atoms with Crippen molar-refractivity contribution in [1.29, 1.82) is 0 Å². The normalized spacial score (nSPS) is 13.0. The molecule has 0 unspecified atom stereocenters. The van der Waals surface area contributed by atoms with Gasteiger partial charge in [-0.15, -0.1) is 0 Å². The molecule has 4 nitrogen and oxygen atoms in total. The van der Waals surface area contributed by atoms with E-state index >= 15 is 0 Å². The summed E-state index contributed by atoms with van der Waals surface area (Å²) in [7, 11) is 0. The van der Waals surface area contributed by atoms with Crippen LogP contribution in [0.15, 0.2) is 40.3 Å². The lowest BCUT2D eigenvalue weighted by molar-refractivity contribution is 0.580. The van der Waals surface area contributed by atoms with Crippen molar-refractivity contribution in [2.45, 2.75) is 65.8 Å². The molecule has 1 aromatic carbocycles. The van der Waals surface area contributed by atoms with Crippen LogP contribution in [0.2, 0.25) is 0 Å². The summed E-state index contributed by atoms with van der Waals surface area (Å²) in [4.78, 5) is 9.07. The molecule has 0 amide bonds. The molecule has 0 saturated carbocycles. The Morgan fingerprint density at radius 1 is 1.12 bits per heavy atom. The number of nitrogens with one attached hydrogen (secondary N) is 1. The zero-order valence-electron chi connectivity index (χ0n) is 16.3. The van der Waals surface area contributed by atoms with E-state index in [1.807, 2.05) is 10.8 Å². The molecule has 0 aliphatic heterocycles. The Balaban J connectivity index is 2.61. The van der Waals surface area contributed by atoms with Crippen LogP contribution in [0.4, 0.5) is 5.69 Å². The van der Waals surface area contributed by atoms with Gasteiger partial charge in [0, 0.05) is 22.6 Å². The third kappa shape index (κ3) is 5.18. The van der Waals surface area contributed by atoms with Gasteiger partial charge in [0.2, 0.25) is 5.96 Å². The number of aliphatic imine (C=N–C) groups is 1. The number of aromatic nitrogens is 2. The summed E-state index contributed by atoms with van der Waals surface area (Å²) in [5.74, 6) is 1.59. The highest BCUT2D eigenvalue weighted by Crippen LogP contribution is 2.35. The lowest BCUT2D eigenvalue weighted by atomic mass is 9.92. The van der Waals surface area contributed by atoms with Crippen molar-refractivity contribution in [2.75, 3.05) is 5.32 Å². The van der Waals surface area contributed by atoms with E-state index in [4.69, 9.17) is 4.99 Å². The molecule has 5 heteroatoms. The molecule has 25 heavy (non-hydrogen) atoms. The molecule has 0 aliphatic carbocycles. The van der Waals surface area contributed by atoms with E-state index in [1.165, 1.54) is 11.1 Å². The van der Waals surface area contributed by atoms with Gasteiger partial charge in [0.1, 0.15) is 6.33 Å². The Morgan fingerprint density at radius 2 is 1.68 bits per heavy atom. The standard InChI is InChI=1S/C20H29BrN4/c1-13(2)16-10-15(21)11-17(14(3)4)18(16)23-19(24-20(5,6)7)25-9-8-22-12-25/h8-14H,1-7H3,(H,23,24). The van der Waals surface area contributed by atoms with Crippen LogP contribution in [0, 0.1) is 0 Å². The van der Waals surface area contributed by atoms with Crippen molar-refractivity contribution in [2.24, 2.45) is 4.99 Å². The minimum absolute atomic E-state index is 0.196. The van der Waals surface area contributed by atoms with Crippen molar-refractivity contribution in [1.82, 2.24) is 9.55 Å². The number of rotatable bonds is 3. The molecule has 0 spiro atoms.